The highest BCUT2D eigenvalue weighted by atomic mass is 79.9. The summed E-state index contributed by atoms with van der Waals surface area (Å²) in [5, 5.41) is 6.75. The topological polar surface area (TPSA) is 79.8 Å². The molecule has 3 aromatic carbocycles. The van der Waals surface area contributed by atoms with Crippen molar-refractivity contribution in [3.8, 4) is 5.75 Å². The van der Waals surface area contributed by atoms with Crippen LogP contribution in [0.4, 0.5) is 5.69 Å². The molecule has 0 aliphatic carbocycles. The Kier molecular flexibility index (Phi) is 7.34. The molecule has 152 valence electrons. The molecule has 30 heavy (non-hydrogen) atoms. The number of amides is 2. The molecule has 3 aromatic rings. The lowest BCUT2D eigenvalue weighted by atomic mass is 10.2. The van der Waals surface area contributed by atoms with E-state index in [1.54, 1.807) is 42.5 Å². The Morgan fingerprint density at radius 3 is 2.47 bits per heavy atom. The van der Waals surface area contributed by atoms with Gasteiger partial charge in [0.2, 0.25) is 0 Å². The maximum Gasteiger partial charge on any atom is 0.271 e. The molecule has 0 aliphatic heterocycles. The molecule has 0 fully saturated rings. The minimum atomic E-state index is -0.287. The van der Waals surface area contributed by atoms with Gasteiger partial charge in [0, 0.05) is 11.3 Å². The van der Waals surface area contributed by atoms with E-state index in [9.17, 15) is 9.59 Å². The van der Waals surface area contributed by atoms with Crippen LogP contribution in [-0.4, -0.2) is 24.6 Å². The largest absolute Gasteiger partial charge is 0.483 e. The first-order chi connectivity index (χ1) is 14.5. The summed E-state index contributed by atoms with van der Waals surface area (Å²) < 4.78 is 6.25. The zero-order valence-corrected chi connectivity index (χ0v) is 17.8. The van der Waals surface area contributed by atoms with E-state index in [4.69, 9.17) is 4.74 Å². The predicted molar refractivity (Wildman–Crippen MR) is 121 cm³/mol. The van der Waals surface area contributed by atoms with Crippen molar-refractivity contribution in [3.63, 3.8) is 0 Å². The predicted octanol–water partition coefficient (Wildman–Crippen LogP) is 4.54. The first-order valence-corrected chi connectivity index (χ1v) is 9.98. The van der Waals surface area contributed by atoms with Crippen LogP contribution in [0.1, 0.15) is 21.5 Å². The van der Waals surface area contributed by atoms with Crippen LogP contribution in [0.3, 0.4) is 0 Å². The highest BCUT2D eigenvalue weighted by molar-refractivity contribution is 9.10. The smallest absolute Gasteiger partial charge is 0.271 e. The van der Waals surface area contributed by atoms with Crippen molar-refractivity contribution in [3.05, 3.63) is 94.0 Å². The zero-order valence-electron chi connectivity index (χ0n) is 16.3. The highest BCUT2D eigenvalue weighted by Gasteiger charge is 2.07. The van der Waals surface area contributed by atoms with Crippen LogP contribution in [-0.2, 0) is 4.79 Å². The molecule has 0 aromatic heterocycles. The SMILES string of the molecule is Cc1ccc(NC(=O)COc2ccc(/C=N/NC(=O)c3ccccc3)cc2Br)cc1. The molecule has 0 saturated carbocycles. The Balaban J connectivity index is 1.51. The number of anilines is 1. The summed E-state index contributed by atoms with van der Waals surface area (Å²) in [5.74, 6) is -0.00926. The van der Waals surface area contributed by atoms with Gasteiger partial charge in [-0.1, -0.05) is 35.9 Å². The van der Waals surface area contributed by atoms with Crippen molar-refractivity contribution in [2.75, 3.05) is 11.9 Å². The number of carbonyl (C=O) groups excluding carboxylic acids is 2. The molecule has 0 aliphatic rings. The van der Waals surface area contributed by atoms with E-state index in [1.807, 2.05) is 37.3 Å². The lowest BCUT2D eigenvalue weighted by molar-refractivity contribution is -0.118. The van der Waals surface area contributed by atoms with Gasteiger partial charge in [0.15, 0.2) is 6.61 Å². The van der Waals surface area contributed by atoms with Gasteiger partial charge in [-0.3, -0.25) is 9.59 Å². The maximum absolute atomic E-state index is 12.1. The summed E-state index contributed by atoms with van der Waals surface area (Å²) in [5.41, 5.74) is 5.61. The van der Waals surface area contributed by atoms with Gasteiger partial charge in [-0.05, 0) is 70.9 Å². The number of hydrogen-bond acceptors (Lipinski definition) is 4. The van der Waals surface area contributed by atoms with Gasteiger partial charge >= 0.3 is 0 Å². The molecule has 0 bridgehead atoms. The van der Waals surface area contributed by atoms with E-state index >= 15 is 0 Å². The molecule has 0 saturated heterocycles. The van der Waals surface area contributed by atoms with Gasteiger partial charge < -0.3 is 10.1 Å². The number of hydrogen-bond donors (Lipinski definition) is 2. The van der Waals surface area contributed by atoms with Gasteiger partial charge in [-0.25, -0.2) is 5.43 Å². The van der Waals surface area contributed by atoms with Crippen LogP contribution in [0, 0.1) is 6.92 Å². The molecule has 2 amide bonds. The maximum atomic E-state index is 12.1. The van der Waals surface area contributed by atoms with Crippen LogP contribution in [0.2, 0.25) is 0 Å². The number of aryl methyl sites for hydroxylation is 1. The fourth-order valence-corrected chi connectivity index (χ4v) is 3.02. The van der Waals surface area contributed by atoms with Gasteiger partial charge in [0.1, 0.15) is 5.75 Å². The van der Waals surface area contributed by atoms with Gasteiger partial charge in [0.25, 0.3) is 11.8 Å². The molecule has 0 unspecified atom stereocenters. The summed E-state index contributed by atoms with van der Waals surface area (Å²) in [6.45, 7) is 1.87. The van der Waals surface area contributed by atoms with Crippen molar-refractivity contribution in [1.82, 2.24) is 5.43 Å². The van der Waals surface area contributed by atoms with E-state index in [2.05, 4.69) is 31.8 Å². The van der Waals surface area contributed by atoms with Crippen LogP contribution < -0.4 is 15.5 Å². The average Bonchev–Trinajstić information content (AvgIpc) is 2.75. The summed E-state index contributed by atoms with van der Waals surface area (Å²) in [7, 11) is 0. The lowest BCUT2D eigenvalue weighted by Gasteiger charge is -2.09. The van der Waals surface area contributed by atoms with E-state index in [0.29, 0.717) is 15.8 Å². The Labute approximate surface area is 183 Å². The zero-order chi connectivity index (χ0) is 21.3. The third kappa shape index (κ3) is 6.28. The summed E-state index contributed by atoms with van der Waals surface area (Å²) >= 11 is 3.42. The Hall–Kier alpha value is -3.45. The first-order valence-electron chi connectivity index (χ1n) is 9.18. The molecule has 0 atom stereocenters. The minimum Gasteiger partial charge on any atom is -0.483 e. The van der Waals surface area contributed by atoms with Crippen molar-refractivity contribution in [2.24, 2.45) is 5.10 Å². The number of halogens is 1. The summed E-state index contributed by atoms with van der Waals surface area (Å²) in [6.07, 6.45) is 1.53. The van der Waals surface area contributed by atoms with Gasteiger partial charge in [-0.2, -0.15) is 5.10 Å². The number of ether oxygens (including phenoxy) is 1. The second kappa shape index (κ2) is 10.4. The van der Waals surface area contributed by atoms with Crippen LogP contribution in [0.5, 0.6) is 5.75 Å². The normalized spacial score (nSPS) is 10.6. The molecule has 0 spiro atoms. The second-order valence-electron chi connectivity index (χ2n) is 6.46. The standard InChI is InChI=1S/C23H20BrN3O3/c1-16-7-10-19(11-8-16)26-22(28)15-30-21-12-9-17(13-20(21)24)14-25-27-23(29)18-5-3-2-4-6-18/h2-14H,15H2,1H3,(H,26,28)(H,27,29)/b25-14+. The van der Waals surface area contributed by atoms with Crippen LogP contribution in [0.25, 0.3) is 0 Å². The highest BCUT2D eigenvalue weighted by Crippen LogP contribution is 2.25. The molecular formula is C23H20BrN3O3. The molecule has 2 N–H and O–H groups in total. The quantitative estimate of drug-likeness (QED) is 0.397. The monoisotopic (exact) mass is 465 g/mol. The molecular weight excluding hydrogens is 446 g/mol. The van der Waals surface area contributed by atoms with E-state index in [0.717, 1.165) is 16.8 Å². The number of carbonyl (C=O) groups is 2. The van der Waals surface area contributed by atoms with Crippen molar-refractivity contribution in [2.45, 2.75) is 6.92 Å². The van der Waals surface area contributed by atoms with E-state index in [-0.39, 0.29) is 18.4 Å². The third-order valence-electron chi connectivity index (χ3n) is 4.07. The lowest BCUT2D eigenvalue weighted by Crippen LogP contribution is -2.20. The van der Waals surface area contributed by atoms with E-state index < -0.39 is 0 Å². The Morgan fingerprint density at radius 2 is 1.77 bits per heavy atom. The number of nitrogens with zero attached hydrogens (tertiary/aromatic N) is 1. The van der Waals surface area contributed by atoms with Gasteiger partial charge in [0.05, 0.1) is 10.7 Å². The summed E-state index contributed by atoms with van der Waals surface area (Å²) in [4.78, 5) is 24.0. The average molecular weight is 466 g/mol. The fraction of sp³-hybridized carbons (Fsp3) is 0.0870. The fourth-order valence-electron chi connectivity index (χ4n) is 2.51. The van der Waals surface area contributed by atoms with Crippen LogP contribution in [0.15, 0.2) is 82.4 Å². The second-order valence-corrected chi connectivity index (χ2v) is 7.31. The molecule has 3 rings (SSSR count). The number of benzene rings is 3. The molecule has 7 heteroatoms. The first kappa shape index (κ1) is 21.3. The van der Waals surface area contributed by atoms with Crippen molar-refractivity contribution < 1.29 is 14.3 Å². The Bertz CT molecular complexity index is 1050. The number of hydrazone groups is 1. The minimum absolute atomic E-state index is 0.118. The molecule has 6 nitrogen and oxygen atoms in total. The number of rotatable bonds is 7. The van der Waals surface area contributed by atoms with Gasteiger partial charge in [-0.15, -0.1) is 0 Å². The Morgan fingerprint density at radius 1 is 1.03 bits per heavy atom. The third-order valence-corrected chi connectivity index (χ3v) is 4.69. The van der Waals surface area contributed by atoms with E-state index in [1.165, 1.54) is 6.21 Å². The summed E-state index contributed by atoms with van der Waals surface area (Å²) in [6, 6.07) is 21.7. The molecule has 0 radical (unpaired) electrons. The number of nitrogens with one attached hydrogen (secondary N) is 2. The molecule has 0 heterocycles. The van der Waals surface area contributed by atoms with Crippen LogP contribution >= 0.6 is 15.9 Å². The van der Waals surface area contributed by atoms with Crippen molar-refractivity contribution >= 4 is 39.6 Å². The van der Waals surface area contributed by atoms with Crippen molar-refractivity contribution in [1.29, 1.82) is 0 Å².